The molecule has 0 amide bonds. The van der Waals surface area contributed by atoms with Gasteiger partial charge in [-0.2, -0.15) is 0 Å². The van der Waals surface area contributed by atoms with Crippen molar-refractivity contribution in [3.8, 4) is 0 Å². The van der Waals surface area contributed by atoms with Crippen LogP contribution in [0.2, 0.25) is 0 Å². The first-order chi connectivity index (χ1) is 14.5. The second-order valence-corrected chi connectivity index (χ2v) is 6.82. The van der Waals surface area contributed by atoms with Crippen LogP contribution in [0, 0.1) is 0 Å². The van der Waals surface area contributed by atoms with Crippen molar-refractivity contribution in [2.24, 2.45) is 0 Å². The van der Waals surface area contributed by atoms with E-state index in [2.05, 4.69) is 4.98 Å². The lowest BCUT2D eigenvalue weighted by atomic mass is 10.1. The van der Waals surface area contributed by atoms with Gasteiger partial charge in [0.25, 0.3) is 0 Å². The molecule has 2 heterocycles. The topological polar surface area (TPSA) is 104 Å². The molecule has 3 rings (SSSR count). The largest absolute Gasteiger partial charge is 0.458 e. The average molecular weight is 415 g/mol. The predicted octanol–water partition coefficient (Wildman–Crippen LogP) is 3.11. The number of hydrogen-bond donors (Lipinski definition) is 1. The number of rotatable bonds is 7. The van der Waals surface area contributed by atoms with Crippen LogP contribution in [0.15, 0.2) is 36.5 Å². The van der Waals surface area contributed by atoms with Crippen LogP contribution >= 0.6 is 0 Å². The van der Waals surface area contributed by atoms with Gasteiger partial charge in [0.15, 0.2) is 6.10 Å². The van der Waals surface area contributed by atoms with Crippen molar-refractivity contribution in [2.75, 3.05) is 6.61 Å². The Balaban J connectivity index is 1.60. The van der Waals surface area contributed by atoms with E-state index in [1.165, 1.54) is 6.08 Å². The molecule has 8 heteroatoms. The normalized spacial score (nSPS) is 21.5. The maximum Gasteiger partial charge on any atom is 0.333 e. The Morgan fingerprint density at radius 2 is 1.77 bits per heavy atom. The lowest BCUT2D eigenvalue weighted by Gasteiger charge is -2.34. The lowest BCUT2D eigenvalue weighted by molar-refractivity contribution is -0.228. The lowest BCUT2D eigenvalue weighted by Crippen LogP contribution is -2.47. The predicted molar refractivity (Wildman–Crippen MR) is 108 cm³/mol. The van der Waals surface area contributed by atoms with Gasteiger partial charge in [-0.1, -0.05) is 32.0 Å². The minimum absolute atomic E-state index is 0.0302. The number of ether oxygens (including phenoxy) is 4. The summed E-state index contributed by atoms with van der Waals surface area (Å²) in [6.07, 6.45) is 2.86. The minimum atomic E-state index is -0.906. The van der Waals surface area contributed by atoms with Gasteiger partial charge >= 0.3 is 17.9 Å². The highest BCUT2D eigenvalue weighted by molar-refractivity contribution is 5.94. The third kappa shape index (κ3) is 5.48. The van der Waals surface area contributed by atoms with Crippen molar-refractivity contribution in [2.45, 2.75) is 51.6 Å². The summed E-state index contributed by atoms with van der Waals surface area (Å²) >= 11 is 0. The van der Waals surface area contributed by atoms with E-state index < -0.39 is 36.4 Å². The van der Waals surface area contributed by atoms with Gasteiger partial charge in [-0.15, -0.1) is 0 Å². The Bertz CT molecular complexity index is 932. The van der Waals surface area contributed by atoms with Crippen LogP contribution in [-0.2, 0) is 33.3 Å². The standard InChI is InChI=1S/C22H25NO7/c1-3-19(24)28-17-11-22(27-13-18(17)29-20(25)4-2)30-21(26)10-9-14-12-23-16-8-6-5-7-15(14)16/h5-10,12,17-18,22-23H,3-4,11,13H2,1-2H3/b10-9+/t17-,18+,22-/m0/s1. The second kappa shape index (κ2) is 10.1. The Labute approximate surface area is 174 Å². The molecule has 1 aliphatic rings. The Morgan fingerprint density at radius 3 is 2.50 bits per heavy atom. The summed E-state index contributed by atoms with van der Waals surface area (Å²) in [5, 5.41) is 0.989. The van der Waals surface area contributed by atoms with Gasteiger partial charge in [0.05, 0.1) is 13.0 Å². The summed E-state index contributed by atoms with van der Waals surface area (Å²) < 4.78 is 21.5. The molecule has 0 bridgehead atoms. The van der Waals surface area contributed by atoms with Crippen molar-refractivity contribution < 1.29 is 33.3 Å². The quantitative estimate of drug-likeness (QED) is 0.421. The van der Waals surface area contributed by atoms with E-state index in [9.17, 15) is 14.4 Å². The number of H-pyrrole nitrogens is 1. The number of fused-ring (bicyclic) bond motifs is 1. The molecule has 2 aromatic rings. The first-order valence-electron chi connectivity index (χ1n) is 9.95. The molecule has 160 valence electrons. The van der Waals surface area contributed by atoms with Crippen LogP contribution < -0.4 is 0 Å². The number of carbonyl (C=O) groups is 3. The van der Waals surface area contributed by atoms with E-state index >= 15 is 0 Å². The molecule has 0 spiro atoms. The third-order valence-corrected chi connectivity index (χ3v) is 4.70. The molecular weight excluding hydrogens is 390 g/mol. The van der Waals surface area contributed by atoms with E-state index in [1.54, 1.807) is 26.1 Å². The van der Waals surface area contributed by atoms with E-state index in [0.29, 0.717) is 0 Å². The maximum absolute atomic E-state index is 12.2. The van der Waals surface area contributed by atoms with Crippen molar-refractivity contribution in [1.82, 2.24) is 4.98 Å². The van der Waals surface area contributed by atoms with E-state index in [0.717, 1.165) is 16.5 Å². The van der Waals surface area contributed by atoms with Crippen LogP contribution in [0.5, 0.6) is 0 Å². The zero-order valence-corrected chi connectivity index (χ0v) is 17.0. The smallest absolute Gasteiger partial charge is 0.333 e. The van der Waals surface area contributed by atoms with Crippen LogP contribution in [-0.4, -0.2) is 48.0 Å². The molecule has 1 fully saturated rings. The monoisotopic (exact) mass is 415 g/mol. The number of aromatic amines is 1. The molecule has 30 heavy (non-hydrogen) atoms. The van der Waals surface area contributed by atoms with Crippen LogP contribution in [0.3, 0.4) is 0 Å². The number of para-hydroxylation sites is 1. The van der Waals surface area contributed by atoms with Crippen LogP contribution in [0.4, 0.5) is 0 Å². The van der Waals surface area contributed by atoms with Gasteiger partial charge in [-0.05, 0) is 12.1 Å². The number of aromatic nitrogens is 1. The zero-order valence-electron chi connectivity index (χ0n) is 17.0. The maximum atomic E-state index is 12.2. The van der Waals surface area contributed by atoms with Crippen molar-refractivity contribution in [3.63, 3.8) is 0 Å². The SMILES string of the molecule is CCC(=O)O[C@H]1C[C@H](OC(=O)/C=C/c2c[nH]c3ccccc23)OC[C@H]1OC(=O)CC. The van der Waals surface area contributed by atoms with Gasteiger partial charge in [0, 0.05) is 41.6 Å². The highest BCUT2D eigenvalue weighted by Crippen LogP contribution is 2.23. The fraction of sp³-hybridized carbons (Fsp3) is 0.409. The second-order valence-electron chi connectivity index (χ2n) is 6.82. The Morgan fingerprint density at radius 1 is 1.07 bits per heavy atom. The number of carbonyl (C=O) groups excluding carboxylic acids is 3. The molecule has 0 unspecified atom stereocenters. The van der Waals surface area contributed by atoms with Gasteiger partial charge in [0.2, 0.25) is 6.29 Å². The molecule has 0 saturated carbocycles. The fourth-order valence-electron chi connectivity index (χ4n) is 3.10. The fourth-order valence-corrected chi connectivity index (χ4v) is 3.10. The van der Waals surface area contributed by atoms with Crippen molar-refractivity contribution in [3.05, 3.63) is 42.1 Å². The summed E-state index contributed by atoms with van der Waals surface area (Å²) in [7, 11) is 0. The summed E-state index contributed by atoms with van der Waals surface area (Å²) in [5.74, 6) is -1.43. The number of esters is 3. The molecule has 1 saturated heterocycles. The highest BCUT2D eigenvalue weighted by atomic mass is 16.7. The van der Waals surface area contributed by atoms with Gasteiger partial charge in [-0.3, -0.25) is 9.59 Å². The highest BCUT2D eigenvalue weighted by Gasteiger charge is 2.37. The number of nitrogens with one attached hydrogen (secondary N) is 1. The first-order valence-corrected chi connectivity index (χ1v) is 9.95. The van der Waals surface area contributed by atoms with Crippen LogP contribution in [0.1, 0.15) is 38.7 Å². The summed E-state index contributed by atoms with van der Waals surface area (Å²) in [4.78, 5) is 38.7. The Kier molecular flexibility index (Phi) is 7.24. The minimum Gasteiger partial charge on any atom is -0.458 e. The molecule has 1 aromatic heterocycles. The molecule has 8 nitrogen and oxygen atoms in total. The van der Waals surface area contributed by atoms with Gasteiger partial charge in [-0.25, -0.2) is 4.79 Å². The molecule has 0 radical (unpaired) electrons. The molecule has 1 N–H and O–H groups in total. The van der Waals surface area contributed by atoms with E-state index in [1.807, 2.05) is 24.3 Å². The molecule has 1 aromatic carbocycles. The van der Waals surface area contributed by atoms with E-state index in [4.69, 9.17) is 18.9 Å². The van der Waals surface area contributed by atoms with E-state index in [-0.39, 0.29) is 25.9 Å². The number of hydrogen-bond acceptors (Lipinski definition) is 7. The van der Waals surface area contributed by atoms with Crippen molar-refractivity contribution in [1.29, 1.82) is 0 Å². The average Bonchev–Trinajstić information content (AvgIpc) is 3.17. The summed E-state index contributed by atoms with van der Waals surface area (Å²) in [5.41, 5.74) is 1.82. The van der Waals surface area contributed by atoms with Crippen LogP contribution in [0.25, 0.3) is 17.0 Å². The molecule has 0 aliphatic carbocycles. The van der Waals surface area contributed by atoms with Crippen molar-refractivity contribution >= 4 is 34.9 Å². The molecule has 3 atom stereocenters. The van der Waals surface area contributed by atoms with Gasteiger partial charge in [0.1, 0.15) is 6.10 Å². The zero-order chi connectivity index (χ0) is 21.5. The Hall–Kier alpha value is -3.13. The summed E-state index contributed by atoms with van der Waals surface area (Å²) in [6.45, 7) is 3.31. The molecular formula is C22H25NO7. The van der Waals surface area contributed by atoms with Gasteiger partial charge < -0.3 is 23.9 Å². The molecule has 1 aliphatic heterocycles. The third-order valence-electron chi connectivity index (χ3n) is 4.70. The first kappa shape index (κ1) is 21.6. The number of benzene rings is 1. The summed E-state index contributed by atoms with van der Waals surface area (Å²) in [6, 6.07) is 7.74.